The first-order valence-electron chi connectivity index (χ1n) is 10.8. The van der Waals surface area contributed by atoms with Gasteiger partial charge < -0.3 is 9.80 Å². The minimum absolute atomic E-state index is 0.0541. The Morgan fingerprint density at radius 3 is 2.48 bits per heavy atom. The second-order valence-corrected chi connectivity index (χ2v) is 9.05. The van der Waals surface area contributed by atoms with Crippen molar-refractivity contribution in [2.45, 2.75) is 58.5 Å². The van der Waals surface area contributed by atoms with E-state index in [0.29, 0.717) is 57.0 Å². The van der Waals surface area contributed by atoms with E-state index in [-0.39, 0.29) is 23.8 Å². The Morgan fingerprint density at radius 1 is 1.24 bits per heavy atom. The number of piperidine rings is 1. The van der Waals surface area contributed by atoms with Gasteiger partial charge in [-0.2, -0.15) is 5.10 Å². The Hall–Kier alpha value is -2.38. The molecule has 0 aromatic carbocycles. The van der Waals surface area contributed by atoms with Crippen molar-refractivity contribution in [2.24, 2.45) is 11.8 Å². The monoisotopic (exact) mass is 401 g/mol. The van der Waals surface area contributed by atoms with Gasteiger partial charge in [-0.3, -0.25) is 19.2 Å². The number of hydrogen-bond donors (Lipinski definition) is 0. The molecule has 2 saturated heterocycles. The molecule has 0 N–H and O–H groups in total. The smallest absolute Gasteiger partial charge is 0.327 e. The number of likely N-dealkylation sites (tertiary alicyclic amines) is 1. The van der Waals surface area contributed by atoms with Crippen LogP contribution in [0.5, 0.6) is 0 Å². The first kappa shape index (κ1) is 19.9. The van der Waals surface area contributed by atoms with Crippen LogP contribution in [0.3, 0.4) is 0 Å². The van der Waals surface area contributed by atoms with Gasteiger partial charge in [0.15, 0.2) is 0 Å². The molecule has 4 amide bonds. The Kier molecular flexibility index (Phi) is 5.12. The summed E-state index contributed by atoms with van der Waals surface area (Å²) in [6.07, 6.45) is 6.56. The van der Waals surface area contributed by atoms with E-state index in [1.165, 1.54) is 4.90 Å². The minimum atomic E-state index is -0.791. The maximum Gasteiger partial charge on any atom is 0.327 e. The summed E-state index contributed by atoms with van der Waals surface area (Å²) in [5.74, 6) is 0.641. The Morgan fingerprint density at radius 2 is 1.93 bits per heavy atom. The standard InChI is InChI=1S/C21H31N5O3/c1-4-24-14-17(11-22-24)18(27)23-9-7-21(8-10-23)19(28)25(13-16-5-6-16)20(29)26(21)12-15(2)3/h11,14-16H,4-10,12-13H2,1-3H3. The molecule has 3 fully saturated rings. The molecule has 3 aliphatic rings. The van der Waals surface area contributed by atoms with Crippen LogP contribution in [0.15, 0.2) is 12.4 Å². The maximum atomic E-state index is 13.4. The number of carbonyl (C=O) groups excluding carboxylic acids is 3. The van der Waals surface area contributed by atoms with E-state index in [0.717, 1.165) is 12.8 Å². The van der Waals surface area contributed by atoms with E-state index in [9.17, 15) is 14.4 Å². The molecule has 0 bridgehead atoms. The lowest BCUT2D eigenvalue weighted by atomic mass is 9.85. The molecule has 0 unspecified atom stereocenters. The number of rotatable bonds is 6. The van der Waals surface area contributed by atoms with Gasteiger partial charge in [-0.1, -0.05) is 13.8 Å². The molecular formula is C21H31N5O3. The van der Waals surface area contributed by atoms with Crippen LogP contribution in [0.1, 0.15) is 56.8 Å². The lowest BCUT2D eigenvalue weighted by molar-refractivity contribution is -0.135. The molecule has 4 rings (SSSR count). The van der Waals surface area contributed by atoms with Crippen molar-refractivity contribution in [2.75, 3.05) is 26.2 Å². The predicted octanol–water partition coefficient (Wildman–Crippen LogP) is 2.21. The maximum absolute atomic E-state index is 13.4. The second-order valence-electron chi connectivity index (χ2n) is 9.05. The molecule has 8 heteroatoms. The average molecular weight is 402 g/mol. The summed E-state index contributed by atoms with van der Waals surface area (Å²) >= 11 is 0. The third-order valence-electron chi connectivity index (χ3n) is 6.39. The number of hydrogen-bond acceptors (Lipinski definition) is 4. The Balaban J connectivity index is 1.51. The fraction of sp³-hybridized carbons (Fsp3) is 0.714. The summed E-state index contributed by atoms with van der Waals surface area (Å²) in [4.78, 5) is 44.4. The highest BCUT2D eigenvalue weighted by molar-refractivity contribution is 6.07. The lowest BCUT2D eigenvalue weighted by Gasteiger charge is -2.42. The summed E-state index contributed by atoms with van der Waals surface area (Å²) in [5, 5.41) is 4.19. The molecule has 0 atom stereocenters. The van der Waals surface area contributed by atoms with Crippen LogP contribution in [-0.4, -0.2) is 74.0 Å². The number of amides is 4. The van der Waals surface area contributed by atoms with Gasteiger partial charge in [0.25, 0.3) is 11.8 Å². The third kappa shape index (κ3) is 3.53. The summed E-state index contributed by atoms with van der Waals surface area (Å²) in [6, 6.07) is -0.139. The topological polar surface area (TPSA) is 78.8 Å². The molecular weight excluding hydrogens is 370 g/mol. The summed E-state index contributed by atoms with van der Waals surface area (Å²) in [5.41, 5.74) is -0.216. The van der Waals surface area contributed by atoms with Gasteiger partial charge in [-0.15, -0.1) is 0 Å². The summed E-state index contributed by atoms with van der Waals surface area (Å²) in [7, 11) is 0. The molecule has 0 radical (unpaired) electrons. The quantitative estimate of drug-likeness (QED) is 0.685. The number of imide groups is 1. The third-order valence-corrected chi connectivity index (χ3v) is 6.39. The molecule has 8 nitrogen and oxygen atoms in total. The zero-order valence-electron chi connectivity index (χ0n) is 17.6. The van der Waals surface area contributed by atoms with E-state index in [4.69, 9.17) is 0 Å². The highest BCUT2D eigenvalue weighted by atomic mass is 16.2. The van der Waals surface area contributed by atoms with E-state index in [1.807, 2.05) is 6.92 Å². The largest absolute Gasteiger partial charge is 0.338 e. The number of nitrogens with zero attached hydrogens (tertiary/aromatic N) is 5. The zero-order valence-corrected chi connectivity index (χ0v) is 17.6. The van der Waals surface area contributed by atoms with Crippen LogP contribution in [0.25, 0.3) is 0 Å². The van der Waals surface area contributed by atoms with Crippen LogP contribution in [0.2, 0.25) is 0 Å². The van der Waals surface area contributed by atoms with E-state index >= 15 is 0 Å². The molecule has 158 valence electrons. The van der Waals surface area contributed by atoms with Crippen molar-refractivity contribution in [3.05, 3.63) is 18.0 Å². The normalized spacial score (nSPS) is 21.7. The van der Waals surface area contributed by atoms with Crippen molar-refractivity contribution < 1.29 is 14.4 Å². The Labute approximate surface area is 171 Å². The molecule has 1 spiro atoms. The summed E-state index contributed by atoms with van der Waals surface area (Å²) in [6.45, 7) is 8.90. The van der Waals surface area contributed by atoms with Gasteiger partial charge in [-0.05, 0) is 44.4 Å². The molecule has 1 aromatic rings. The molecule has 2 aliphatic heterocycles. The Bertz CT molecular complexity index is 805. The van der Waals surface area contributed by atoms with Gasteiger partial charge in [0.2, 0.25) is 0 Å². The van der Waals surface area contributed by atoms with Gasteiger partial charge in [-0.25, -0.2) is 4.79 Å². The van der Waals surface area contributed by atoms with Crippen LogP contribution >= 0.6 is 0 Å². The molecule has 29 heavy (non-hydrogen) atoms. The molecule has 1 aliphatic carbocycles. The van der Waals surface area contributed by atoms with Crippen LogP contribution in [0, 0.1) is 11.8 Å². The van der Waals surface area contributed by atoms with Gasteiger partial charge in [0, 0.05) is 38.9 Å². The number of aryl methyl sites for hydroxylation is 1. The van der Waals surface area contributed by atoms with Crippen molar-refractivity contribution in [3.63, 3.8) is 0 Å². The van der Waals surface area contributed by atoms with Crippen molar-refractivity contribution >= 4 is 17.8 Å². The fourth-order valence-electron chi connectivity index (χ4n) is 4.51. The van der Waals surface area contributed by atoms with Crippen LogP contribution < -0.4 is 0 Å². The van der Waals surface area contributed by atoms with Crippen LogP contribution in [0.4, 0.5) is 4.79 Å². The predicted molar refractivity (Wildman–Crippen MR) is 107 cm³/mol. The number of carbonyl (C=O) groups is 3. The number of urea groups is 1. The van der Waals surface area contributed by atoms with Crippen molar-refractivity contribution in [1.29, 1.82) is 0 Å². The van der Waals surface area contributed by atoms with Crippen molar-refractivity contribution in [1.82, 2.24) is 24.5 Å². The zero-order chi connectivity index (χ0) is 20.8. The molecule has 1 aromatic heterocycles. The lowest BCUT2D eigenvalue weighted by Crippen LogP contribution is -2.58. The van der Waals surface area contributed by atoms with E-state index in [1.54, 1.807) is 26.9 Å². The SMILES string of the molecule is CCn1cc(C(=O)N2CCC3(CC2)C(=O)N(CC2CC2)C(=O)N3CC(C)C)cn1. The van der Waals surface area contributed by atoms with E-state index < -0.39 is 5.54 Å². The van der Waals surface area contributed by atoms with Crippen LogP contribution in [-0.2, 0) is 11.3 Å². The highest BCUT2D eigenvalue weighted by Crippen LogP contribution is 2.40. The first-order valence-corrected chi connectivity index (χ1v) is 10.8. The fourth-order valence-corrected chi connectivity index (χ4v) is 4.51. The molecule has 3 heterocycles. The van der Waals surface area contributed by atoms with Gasteiger partial charge in [0.05, 0.1) is 11.8 Å². The first-order chi connectivity index (χ1) is 13.9. The van der Waals surface area contributed by atoms with Crippen molar-refractivity contribution in [3.8, 4) is 0 Å². The van der Waals surface area contributed by atoms with Gasteiger partial charge >= 0.3 is 6.03 Å². The second kappa shape index (κ2) is 7.46. The molecule has 1 saturated carbocycles. The summed E-state index contributed by atoms with van der Waals surface area (Å²) < 4.78 is 1.73. The van der Waals surface area contributed by atoms with E-state index in [2.05, 4.69) is 18.9 Å². The average Bonchev–Trinajstić information content (AvgIpc) is 3.37. The number of aromatic nitrogens is 2. The van der Waals surface area contributed by atoms with Gasteiger partial charge in [0.1, 0.15) is 5.54 Å². The minimum Gasteiger partial charge on any atom is -0.338 e. The highest BCUT2D eigenvalue weighted by Gasteiger charge is 2.58.